The van der Waals surface area contributed by atoms with Crippen molar-refractivity contribution in [2.75, 3.05) is 0 Å². The Hall–Kier alpha value is -0.933. The highest BCUT2D eigenvalue weighted by Gasteiger charge is 2.21. The third-order valence-electron chi connectivity index (χ3n) is 2.10. The maximum Gasteiger partial charge on any atom is 0.178 e. The molecule has 1 rings (SSSR count). The summed E-state index contributed by atoms with van der Waals surface area (Å²) in [5, 5.41) is 0. The summed E-state index contributed by atoms with van der Waals surface area (Å²) in [5.74, 6) is 0.179. The smallest absolute Gasteiger partial charge is 0.178 e. The van der Waals surface area contributed by atoms with E-state index in [2.05, 4.69) is 24.6 Å². The molecule has 3 heteroatoms. The number of benzene rings is 1. The Balaban J connectivity index is 2.70. The molecule has 15 heavy (non-hydrogen) atoms. The zero-order valence-corrected chi connectivity index (χ0v) is 10.9. The van der Waals surface area contributed by atoms with E-state index in [1.54, 1.807) is 0 Å². The van der Waals surface area contributed by atoms with Gasteiger partial charge in [0.1, 0.15) is 8.24 Å². The van der Waals surface area contributed by atoms with Crippen LogP contribution in [-0.2, 0) is 0 Å². The second-order valence-electron chi connectivity index (χ2n) is 4.85. The zero-order valence-electron chi connectivity index (χ0n) is 9.87. The van der Waals surface area contributed by atoms with E-state index in [0.717, 1.165) is 5.56 Å². The number of Topliss-reactive ketones (excluding diaryl/α,β-unsaturated/α-hetero) is 1. The summed E-state index contributed by atoms with van der Waals surface area (Å²) in [5.41, 5.74) is 0.788. The molecule has 0 fully saturated rings. The van der Waals surface area contributed by atoms with Crippen LogP contribution in [0.5, 0.6) is 0 Å². The van der Waals surface area contributed by atoms with Crippen LogP contribution in [0.4, 0.5) is 0 Å². The Morgan fingerprint density at radius 2 is 1.73 bits per heavy atom. The molecule has 0 aliphatic rings. The molecule has 1 unspecified atom stereocenters. The van der Waals surface area contributed by atoms with E-state index in [1.165, 1.54) is 0 Å². The van der Waals surface area contributed by atoms with Gasteiger partial charge >= 0.3 is 0 Å². The van der Waals surface area contributed by atoms with Crippen molar-refractivity contribution in [3.8, 4) is 0 Å². The normalized spacial score (nSPS) is 13.6. The maximum atomic E-state index is 12.0. The lowest BCUT2D eigenvalue weighted by Crippen LogP contribution is -2.49. The standard InChI is InChI=1S/C12H19NOSi/c1-10(13-15(2,3)4)12(14)11-8-6-5-7-9-11/h5-10,13H,1-4H3. The first-order valence-electron chi connectivity index (χ1n) is 5.27. The molecule has 2 nitrogen and oxygen atoms in total. The van der Waals surface area contributed by atoms with Gasteiger partial charge in [-0.1, -0.05) is 50.0 Å². The summed E-state index contributed by atoms with van der Waals surface area (Å²) < 4.78 is 0. The minimum Gasteiger partial charge on any atom is -0.329 e. The van der Waals surface area contributed by atoms with Crippen LogP contribution >= 0.6 is 0 Å². The van der Waals surface area contributed by atoms with Gasteiger partial charge in [0.15, 0.2) is 5.78 Å². The first-order chi connectivity index (χ1) is 6.90. The number of nitrogens with one attached hydrogen (secondary N) is 1. The second kappa shape index (κ2) is 4.73. The fourth-order valence-electron chi connectivity index (χ4n) is 1.57. The van der Waals surface area contributed by atoms with Crippen LogP contribution in [0.2, 0.25) is 19.6 Å². The van der Waals surface area contributed by atoms with Crippen LogP contribution in [0.3, 0.4) is 0 Å². The molecule has 0 amide bonds. The van der Waals surface area contributed by atoms with Crippen molar-refractivity contribution in [2.24, 2.45) is 0 Å². The van der Waals surface area contributed by atoms with Crippen LogP contribution in [0.1, 0.15) is 17.3 Å². The van der Waals surface area contributed by atoms with Crippen LogP contribution in [-0.4, -0.2) is 20.1 Å². The number of rotatable bonds is 4. The largest absolute Gasteiger partial charge is 0.329 e. The van der Waals surface area contributed by atoms with Gasteiger partial charge in [-0.3, -0.25) is 4.79 Å². The molecule has 82 valence electrons. The lowest BCUT2D eigenvalue weighted by molar-refractivity contribution is 0.0960. The van der Waals surface area contributed by atoms with Gasteiger partial charge in [0.05, 0.1) is 6.04 Å². The molecule has 0 aliphatic heterocycles. The number of hydrogen-bond donors (Lipinski definition) is 1. The molecule has 0 heterocycles. The first-order valence-corrected chi connectivity index (χ1v) is 8.77. The van der Waals surface area contributed by atoms with Gasteiger partial charge in [-0.05, 0) is 6.92 Å². The fourth-order valence-corrected chi connectivity index (χ4v) is 3.00. The van der Waals surface area contributed by atoms with Gasteiger partial charge in [-0.15, -0.1) is 0 Å². The summed E-state index contributed by atoms with van der Waals surface area (Å²) in [4.78, 5) is 15.4. The molecule has 0 bridgehead atoms. The van der Waals surface area contributed by atoms with Crippen molar-refractivity contribution < 1.29 is 4.79 Å². The lowest BCUT2D eigenvalue weighted by Gasteiger charge is -2.23. The Morgan fingerprint density at radius 3 is 2.20 bits per heavy atom. The molecule has 0 radical (unpaired) electrons. The Labute approximate surface area is 92.8 Å². The summed E-state index contributed by atoms with van der Waals surface area (Å²) in [6, 6.07) is 9.37. The molecular weight excluding hydrogens is 202 g/mol. The van der Waals surface area contributed by atoms with Crippen molar-refractivity contribution in [3.05, 3.63) is 35.9 Å². The third-order valence-corrected chi connectivity index (χ3v) is 3.40. The SMILES string of the molecule is CC(N[Si](C)(C)C)C(=O)c1ccccc1. The molecule has 0 spiro atoms. The second-order valence-corrected chi connectivity index (χ2v) is 9.63. The van der Waals surface area contributed by atoms with Gasteiger partial charge in [0, 0.05) is 5.56 Å². The van der Waals surface area contributed by atoms with Crippen LogP contribution < -0.4 is 4.98 Å². The van der Waals surface area contributed by atoms with E-state index in [4.69, 9.17) is 0 Å². The van der Waals surface area contributed by atoms with E-state index in [0.29, 0.717) is 0 Å². The van der Waals surface area contributed by atoms with E-state index < -0.39 is 8.24 Å². The van der Waals surface area contributed by atoms with Crippen molar-refractivity contribution in [2.45, 2.75) is 32.6 Å². The first kappa shape index (κ1) is 12.1. The van der Waals surface area contributed by atoms with Gasteiger partial charge in [0.25, 0.3) is 0 Å². The van der Waals surface area contributed by atoms with Gasteiger partial charge < -0.3 is 4.98 Å². The molecule has 1 aromatic rings. The van der Waals surface area contributed by atoms with Crippen LogP contribution in [0.15, 0.2) is 30.3 Å². The quantitative estimate of drug-likeness (QED) is 0.625. The Kier molecular flexibility index (Phi) is 3.82. The van der Waals surface area contributed by atoms with E-state index in [-0.39, 0.29) is 11.8 Å². The van der Waals surface area contributed by atoms with E-state index in [9.17, 15) is 4.79 Å². The van der Waals surface area contributed by atoms with E-state index >= 15 is 0 Å². The highest BCUT2D eigenvalue weighted by Crippen LogP contribution is 2.05. The summed E-state index contributed by atoms with van der Waals surface area (Å²) in [6.07, 6.45) is 0. The summed E-state index contributed by atoms with van der Waals surface area (Å²) >= 11 is 0. The molecule has 0 saturated carbocycles. The number of carbonyl (C=O) groups is 1. The van der Waals surface area contributed by atoms with Crippen LogP contribution in [0.25, 0.3) is 0 Å². The lowest BCUT2D eigenvalue weighted by atomic mass is 10.1. The monoisotopic (exact) mass is 221 g/mol. The molecule has 1 N–H and O–H groups in total. The topological polar surface area (TPSA) is 29.1 Å². The molecule has 1 atom stereocenters. The molecule has 0 aliphatic carbocycles. The number of hydrogen-bond acceptors (Lipinski definition) is 2. The highest BCUT2D eigenvalue weighted by molar-refractivity contribution is 6.73. The molecule has 1 aromatic carbocycles. The van der Waals surface area contributed by atoms with Crippen molar-refractivity contribution >= 4 is 14.0 Å². The minimum absolute atomic E-state index is 0.0842. The van der Waals surface area contributed by atoms with Gasteiger partial charge in [-0.25, -0.2) is 0 Å². The van der Waals surface area contributed by atoms with Crippen LogP contribution in [0, 0.1) is 0 Å². The van der Waals surface area contributed by atoms with Crippen molar-refractivity contribution in [1.29, 1.82) is 0 Å². The highest BCUT2D eigenvalue weighted by atomic mass is 28.3. The van der Waals surface area contributed by atoms with Crippen molar-refractivity contribution in [3.63, 3.8) is 0 Å². The predicted octanol–water partition coefficient (Wildman–Crippen LogP) is 2.68. The van der Waals surface area contributed by atoms with Crippen molar-refractivity contribution in [1.82, 2.24) is 4.98 Å². The number of carbonyl (C=O) groups excluding carboxylic acids is 1. The fraction of sp³-hybridized carbons (Fsp3) is 0.417. The average molecular weight is 221 g/mol. The van der Waals surface area contributed by atoms with Gasteiger partial charge in [-0.2, -0.15) is 0 Å². The molecular formula is C12H19NOSi. The average Bonchev–Trinajstić information content (AvgIpc) is 2.15. The summed E-state index contributed by atoms with van der Waals surface area (Å²) in [6.45, 7) is 8.53. The molecule has 0 aromatic heterocycles. The summed E-state index contributed by atoms with van der Waals surface area (Å²) in [7, 11) is -1.39. The Bertz CT molecular complexity index is 329. The molecule has 0 saturated heterocycles. The Morgan fingerprint density at radius 1 is 1.20 bits per heavy atom. The zero-order chi connectivity index (χ0) is 11.5. The third kappa shape index (κ3) is 3.97. The minimum atomic E-state index is -1.39. The van der Waals surface area contributed by atoms with Gasteiger partial charge in [0.2, 0.25) is 0 Å². The maximum absolute atomic E-state index is 12.0. The van der Waals surface area contributed by atoms with E-state index in [1.807, 2.05) is 37.3 Å². The number of ketones is 1. The predicted molar refractivity (Wildman–Crippen MR) is 66.7 cm³/mol.